The van der Waals surface area contributed by atoms with Crippen LogP contribution in [-0.4, -0.2) is 9.13 Å². The van der Waals surface area contributed by atoms with Gasteiger partial charge in [0.05, 0.1) is 28.1 Å². The summed E-state index contributed by atoms with van der Waals surface area (Å²) in [5, 5.41) is 2.79. The Kier molecular flexibility index (Phi) is 8.39. The number of aryl methyl sites for hydroxylation is 2. The number of rotatable bonds is 7. The standard InChI is InChI=1S/C54H45N3/c1-3-15-38(16-4-1)40-27-31-42(32-28-40)55(43-33-29-41(30-34-43)39-17-5-2-6-18-39)44-35-45(56-51-23-11-7-19-47(51)48-20-8-12-24-52(48)56)37-46(36-44)57-53-25-13-9-21-49(53)50-22-10-14-26-54(50)57/h1-7,9,11,13,15-19,21,23,25,27-37H,8,10,12,14,20,22,24,26H2. The number of hydrogen-bond donors (Lipinski definition) is 0. The molecule has 57 heavy (non-hydrogen) atoms. The van der Waals surface area contributed by atoms with E-state index in [0.717, 1.165) is 42.7 Å². The molecule has 3 nitrogen and oxygen atoms in total. The molecule has 2 aliphatic carbocycles. The minimum Gasteiger partial charge on any atom is -0.313 e. The Hall–Kier alpha value is -6.58. The van der Waals surface area contributed by atoms with Gasteiger partial charge in [0.15, 0.2) is 0 Å². The van der Waals surface area contributed by atoms with Crippen molar-refractivity contribution in [3.05, 3.63) is 198 Å². The van der Waals surface area contributed by atoms with Gasteiger partial charge in [-0.3, -0.25) is 0 Å². The highest BCUT2D eigenvalue weighted by atomic mass is 15.2. The highest BCUT2D eigenvalue weighted by Gasteiger charge is 2.25. The molecule has 7 aromatic carbocycles. The van der Waals surface area contributed by atoms with E-state index in [4.69, 9.17) is 0 Å². The molecule has 0 unspecified atom stereocenters. The maximum atomic E-state index is 2.60. The molecule has 2 heterocycles. The van der Waals surface area contributed by atoms with Gasteiger partial charge in [-0.1, -0.05) is 121 Å². The largest absolute Gasteiger partial charge is 0.313 e. The van der Waals surface area contributed by atoms with Crippen molar-refractivity contribution in [2.75, 3.05) is 4.90 Å². The number of para-hydroxylation sites is 2. The third-order valence-electron chi connectivity index (χ3n) is 12.5. The van der Waals surface area contributed by atoms with Crippen molar-refractivity contribution in [1.29, 1.82) is 0 Å². The van der Waals surface area contributed by atoms with E-state index in [0.29, 0.717) is 0 Å². The van der Waals surface area contributed by atoms with Gasteiger partial charge in [-0.25, -0.2) is 0 Å². The first kappa shape index (κ1) is 33.7. The zero-order chi connectivity index (χ0) is 37.7. The molecule has 0 radical (unpaired) electrons. The van der Waals surface area contributed by atoms with Crippen LogP contribution in [0.3, 0.4) is 0 Å². The van der Waals surface area contributed by atoms with Crippen LogP contribution in [0.15, 0.2) is 176 Å². The van der Waals surface area contributed by atoms with Crippen LogP contribution in [0.5, 0.6) is 0 Å². The second-order valence-electron chi connectivity index (χ2n) is 15.8. The molecule has 0 saturated carbocycles. The molecule has 3 heteroatoms. The lowest BCUT2D eigenvalue weighted by atomic mass is 9.95. The van der Waals surface area contributed by atoms with Gasteiger partial charge in [-0.05, 0) is 139 Å². The van der Waals surface area contributed by atoms with Crippen molar-refractivity contribution in [3.63, 3.8) is 0 Å². The Morgan fingerprint density at radius 2 is 0.719 bits per heavy atom. The molecular weight excluding hydrogens is 691 g/mol. The number of hydrogen-bond acceptors (Lipinski definition) is 1. The lowest BCUT2D eigenvalue weighted by molar-refractivity contribution is 0.665. The topological polar surface area (TPSA) is 13.1 Å². The van der Waals surface area contributed by atoms with Crippen LogP contribution < -0.4 is 4.90 Å². The van der Waals surface area contributed by atoms with Crippen LogP contribution in [0.4, 0.5) is 17.1 Å². The van der Waals surface area contributed by atoms with E-state index in [1.165, 1.54) is 104 Å². The Balaban J connectivity index is 1.17. The number of nitrogens with zero attached hydrogens (tertiary/aromatic N) is 3. The van der Waals surface area contributed by atoms with Crippen LogP contribution >= 0.6 is 0 Å². The van der Waals surface area contributed by atoms with Crippen molar-refractivity contribution in [2.24, 2.45) is 0 Å². The highest BCUT2D eigenvalue weighted by Crippen LogP contribution is 2.43. The monoisotopic (exact) mass is 735 g/mol. The summed E-state index contributed by atoms with van der Waals surface area (Å²) >= 11 is 0. The fraction of sp³-hybridized carbons (Fsp3) is 0.148. The van der Waals surface area contributed by atoms with Gasteiger partial charge < -0.3 is 14.0 Å². The smallest absolute Gasteiger partial charge is 0.0534 e. The molecule has 0 atom stereocenters. The Morgan fingerprint density at radius 3 is 1.18 bits per heavy atom. The summed E-state index contributed by atoms with van der Waals surface area (Å²) in [6.45, 7) is 0. The quantitative estimate of drug-likeness (QED) is 0.159. The second-order valence-corrected chi connectivity index (χ2v) is 15.8. The second kappa shape index (κ2) is 14.2. The van der Waals surface area contributed by atoms with Gasteiger partial charge >= 0.3 is 0 Å². The maximum Gasteiger partial charge on any atom is 0.0534 e. The molecule has 0 saturated heterocycles. The van der Waals surface area contributed by atoms with Crippen molar-refractivity contribution in [1.82, 2.24) is 9.13 Å². The van der Waals surface area contributed by atoms with Crippen molar-refractivity contribution >= 4 is 38.9 Å². The molecule has 0 aliphatic heterocycles. The third kappa shape index (κ3) is 5.88. The molecule has 0 fully saturated rings. The summed E-state index contributed by atoms with van der Waals surface area (Å²) in [7, 11) is 0. The summed E-state index contributed by atoms with van der Waals surface area (Å²) in [6.07, 6.45) is 9.41. The minimum absolute atomic E-state index is 1.09. The lowest BCUT2D eigenvalue weighted by Gasteiger charge is -2.28. The van der Waals surface area contributed by atoms with Crippen LogP contribution in [0.25, 0.3) is 55.4 Å². The van der Waals surface area contributed by atoms with Crippen molar-refractivity contribution < 1.29 is 0 Å². The molecule has 9 aromatic rings. The first-order valence-corrected chi connectivity index (χ1v) is 20.8. The number of anilines is 3. The molecule has 0 amide bonds. The maximum absolute atomic E-state index is 2.60. The summed E-state index contributed by atoms with van der Waals surface area (Å²) in [6, 6.07) is 65.2. The number of benzene rings is 7. The van der Waals surface area contributed by atoms with Gasteiger partial charge in [0, 0.05) is 33.5 Å². The molecule has 0 spiro atoms. The van der Waals surface area contributed by atoms with E-state index in [1.807, 2.05) is 0 Å². The van der Waals surface area contributed by atoms with Gasteiger partial charge in [0.1, 0.15) is 0 Å². The van der Waals surface area contributed by atoms with Gasteiger partial charge in [-0.15, -0.1) is 0 Å². The summed E-state index contributed by atoms with van der Waals surface area (Å²) in [4.78, 5) is 2.47. The average molecular weight is 736 g/mol. The lowest BCUT2D eigenvalue weighted by Crippen LogP contribution is -2.13. The summed E-state index contributed by atoms with van der Waals surface area (Å²) < 4.78 is 5.20. The first-order valence-electron chi connectivity index (χ1n) is 20.8. The predicted molar refractivity (Wildman–Crippen MR) is 239 cm³/mol. The molecular formula is C54H45N3. The summed E-state index contributed by atoms with van der Waals surface area (Å²) in [5.74, 6) is 0. The van der Waals surface area contributed by atoms with E-state index in [-0.39, 0.29) is 0 Å². The summed E-state index contributed by atoms with van der Waals surface area (Å²) in [5.41, 5.74) is 19.3. The van der Waals surface area contributed by atoms with E-state index in [9.17, 15) is 0 Å². The number of fused-ring (bicyclic) bond motifs is 6. The molecule has 2 aromatic heterocycles. The van der Waals surface area contributed by atoms with Crippen molar-refractivity contribution in [2.45, 2.75) is 51.4 Å². The zero-order valence-electron chi connectivity index (χ0n) is 32.2. The Bertz CT molecular complexity index is 2680. The van der Waals surface area contributed by atoms with Gasteiger partial charge in [-0.2, -0.15) is 0 Å². The van der Waals surface area contributed by atoms with Crippen LogP contribution in [0, 0.1) is 0 Å². The van der Waals surface area contributed by atoms with E-state index < -0.39 is 0 Å². The van der Waals surface area contributed by atoms with E-state index in [2.05, 4.69) is 190 Å². The molecule has 276 valence electrons. The van der Waals surface area contributed by atoms with E-state index in [1.54, 1.807) is 0 Å². The molecule has 0 bridgehead atoms. The van der Waals surface area contributed by atoms with Crippen LogP contribution in [-0.2, 0) is 25.7 Å². The fourth-order valence-corrected chi connectivity index (χ4v) is 9.86. The van der Waals surface area contributed by atoms with E-state index >= 15 is 0 Å². The SMILES string of the molecule is c1ccc(-c2ccc(N(c3ccc(-c4ccccc4)cc3)c3cc(-n4c5c(c6ccccc64)CCCC5)cc(-n4c5c(c6ccccc64)CCCC5)c3)cc2)cc1. The minimum atomic E-state index is 1.09. The van der Waals surface area contributed by atoms with Crippen LogP contribution in [0.2, 0.25) is 0 Å². The number of aromatic nitrogens is 2. The van der Waals surface area contributed by atoms with Crippen LogP contribution in [0.1, 0.15) is 48.2 Å². The average Bonchev–Trinajstić information content (AvgIpc) is 3.81. The van der Waals surface area contributed by atoms with Gasteiger partial charge in [0.2, 0.25) is 0 Å². The normalized spacial score (nSPS) is 13.8. The fourth-order valence-electron chi connectivity index (χ4n) is 9.86. The zero-order valence-corrected chi connectivity index (χ0v) is 32.2. The molecule has 11 rings (SSSR count). The predicted octanol–water partition coefficient (Wildman–Crippen LogP) is 14.1. The molecule has 0 N–H and O–H groups in total. The molecule has 2 aliphatic rings. The Morgan fingerprint density at radius 1 is 0.333 bits per heavy atom. The van der Waals surface area contributed by atoms with Crippen molar-refractivity contribution in [3.8, 4) is 33.6 Å². The highest BCUT2D eigenvalue weighted by molar-refractivity contribution is 5.91. The van der Waals surface area contributed by atoms with Gasteiger partial charge in [0.25, 0.3) is 0 Å². The first-order chi connectivity index (χ1) is 28.3. The Labute approximate surface area is 335 Å². The third-order valence-corrected chi connectivity index (χ3v) is 12.5.